The molecule has 0 atom stereocenters. The number of fused-ring (bicyclic) bond motifs is 1. The lowest BCUT2D eigenvalue weighted by atomic mass is 10.1. The maximum atomic E-state index is 12.1. The lowest BCUT2D eigenvalue weighted by Gasteiger charge is -2.08. The van der Waals surface area contributed by atoms with Crippen molar-refractivity contribution in [3.8, 4) is 11.5 Å². The van der Waals surface area contributed by atoms with E-state index in [2.05, 4.69) is 10.5 Å². The molecular formula is C28H22N2O4. The van der Waals surface area contributed by atoms with Crippen LogP contribution in [0.5, 0.6) is 11.5 Å². The molecule has 6 heteroatoms. The number of hydrogen-bond acceptors (Lipinski definition) is 5. The summed E-state index contributed by atoms with van der Waals surface area (Å²) in [5.74, 6) is 0.206. The second-order valence-electron chi connectivity index (χ2n) is 7.29. The van der Waals surface area contributed by atoms with Gasteiger partial charge in [-0.05, 0) is 52.9 Å². The monoisotopic (exact) mass is 450 g/mol. The predicted molar refractivity (Wildman–Crippen MR) is 133 cm³/mol. The Hall–Kier alpha value is -4.71. The summed E-state index contributed by atoms with van der Waals surface area (Å²) in [6.07, 6.45) is 4.56. The molecule has 4 aromatic rings. The summed E-state index contributed by atoms with van der Waals surface area (Å²) < 4.78 is 10.9. The Kier molecular flexibility index (Phi) is 7.43. The number of amides is 1. The van der Waals surface area contributed by atoms with E-state index in [-0.39, 0.29) is 12.5 Å². The molecule has 0 aliphatic rings. The van der Waals surface area contributed by atoms with E-state index >= 15 is 0 Å². The standard InChI is InChI=1S/C28H22N2O4/c31-27(20-33-26-12-6-10-23-9-4-5-11-25(23)26)30-29-19-22-13-16-24(17-14-22)34-28(32)18-15-21-7-2-1-3-8-21/h1-19H,20H2,(H,30,31)/b18-15+,29-19+. The van der Waals surface area contributed by atoms with E-state index in [1.807, 2.05) is 72.8 Å². The Morgan fingerprint density at radius 2 is 1.53 bits per heavy atom. The van der Waals surface area contributed by atoms with Crippen LogP contribution in [-0.4, -0.2) is 24.7 Å². The number of hydrogen-bond donors (Lipinski definition) is 1. The van der Waals surface area contributed by atoms with Crippen molar-refractivity contribution in [2.24, 2.45) is 5.10 Å². The van der Waals surface area contributed by atoms with Crippen molar-refractivity contribution in [1.82, 2.24) is 5.43 Å². The van der Waals surface area contributed by atoms with Gasteiger partial charge in [-0.25, -0.2) is 10.2 Å². The fourth-order valence-corrected chi connectivity index (χ4v) is 3.18. The molecule has 0 spiro atoms. The minimum absolute atomic E-state index is 0.156. The van der Waals surface area contributed by atoms with Gasteiger partial charge < -0.3 is 9.47 Å². The van der Waals surface area contributed by atoms with Crippen molar-refractivity contribution in [1.29, 1.82) is 0 Å². The number of rotatable bonds is 8. The van der Waals surface area contributed by atoms with E-state index in [1.54, 1.807) is 30.3 Å². The minimum Gasteiger partial charge on any atom is -0.483 e. The normalized spacial score (nSPS) is 11.1. The lowest BCUT2D eigenvalue weighted by Crippen LogP contribution is -2.24. The topological polar surface area (TPSA) is 77.0 Å². The second kappa shape index (κ2) is 11.2. The zero-order valence-corrected chi connectivity index (χ0v) is 18.3. The molecule has 1 amide bonds. The molecule has 6 nitrogen and oxygen atoms in total. The summed E-state index contributed by atoms with van der Waals surface area (Å²) in [5, 5.41) is 5.93. The van der Waals surface area contributed by atoms with Gasteiger partial charge in [0, 0.05) is 11.5 Å². The van der Waals surface area contributed by atoms with Gasteiger partial charge in [0.15, 0.2) is 6.61 Å². The molecule has 0 aliphatic carbocycles. The molecule has 0 fully saturated rings. The lowest BCUT2D eigenvalue weighted by molar-refractivity contribution is -0.129. The van der Waals surface area contributed by atoms with Crippen LogP contribution < -0.4 is 14.9 Å². The van der Waals surface area contributed by atoms with E-state index < -0.39 is 5.97 Å². The molecule has 34 heavy (non-hydrogen) atoms. The largest absolute Gasteiger partial charge is 0.483 e. The number of nitrogens with zero attached hydrogens (tertiary/aromatic N) is 1. The van der Waals surface area contributed by atoms with Gasteiger partial charge in [0.05, 0.1) is 6.21 Å². The van der Waals surface area contributed by atoms with Crippen molar-refractivity contribution in [2.45, 2.75) is 0 Å². The van der Waals surface area contributed by atoms with E-state index in [1.165, 1.54) is 12.3 Å². The summed E-state index contributed by atoms with van der Waals surface area (Å²) in [6.45, 7) is -0.156. The molecular weight excluding hydrogens is 428 g/mol. The van der Waals surface area contributed by atoms with Crippen LogP contribution >= 0.6 is 0 Å². The maximum Gasteiger partial charge on any atom is 0.336 e. The van der Waals surface area contributed by atoms with Crippen molar-refractivity contribution >= 4 is 34.9 Å². The third-order valence-electron chi connectivity index (χ3n) is 4.82. The first-order valence-corrected chi connectivity index (χ1v) is 10.6. The highest BCUT2D eigenvalue weighted by molar-refractivity contribution is 5.90. The SMILES string of the molecule is O=C(COc1cccc2ccccc12)N/N=C/c1ccc(OC(=O)/C=C/c2ccccc2)cc1. The van der Waals surface area contributed by atoms with Gasteiger partial charge in [-0.2, -0.15) is 5.10 Å². The average Bonchev–Trinajstić information content (AvgIpc) is 2.88. The number of ether oxygens (including phenoxy) is 2. The predicted octanol–water partition coefficient (Wildman–Crippen LogP) is 4.99. The molecule has 4 rings (SSSR count). The van der Waals surface area contributed by atoms with Crippen LogP contribution in [0.2, 0.25) is 0 Å². The van der Waals surface area contributed by atoms with Crippen molar-refractivity contribution < 1.29 is 19.1 Å². The van der Waals surface area contributed by atoms with Gasteiger partial charge in [-0.1, -0.05) is 66.7 Å². The first kappa shape index (κ1) is 22.5. The van der Waals surface area contributed by atoms with Crippen molar-refractivity contribution in [2.75, 3.05) is 6.61 Å². The van der Waals surface area contributed by atoms with Crippen LogP contribution in [0.25, 0.3) is 16.8 Å². The molecule has 4 aromatic carbocycles. The fourth-order valence-electron chi connectivity index (χ4n) is 3.18. The summed E-state index contributed by atoms with van der Waals surface area (Å²) >= 11 is 0. The number of nitrogens with one attached hydrogen (secondary N) is 1. The highest BCUT2D eigenvalue weighted by Gasteiger charge is 2.05. The number of hydrazone groups is 1. The van der Waals surface area contributed by atoms with E-state index in [0.717, 1.165) is 21.9 Å². The Morgan fingerprint density at radius 1 is 0.794 bits per heavy atom. The summed E-state index contributed by atoms with van der Waals surface area (Å²) in [4.78, 5) is 24.0. The van der Waals surface area contributed by atoms with E-state index in [0.29, 0.717) is 11.5 Å². The number of esters is 1. The zero-order chi connectivity index (χ0) is 23.6. The van der Waals surface area contributed by atoms with Gasteiger partial charge in [-0.15, -0.1) is 0 Å². The Bertz CT molecular complexity index is 1320. The summed E-state index contributed by atoms with van der Waals surface area (Å²) in [6, 6.07) is 29.8. The molecule has 0 heterocycles. The fraction of sp³-hybridized carbons (Fsp3) is 0.0357. The molecule has 0 unspecified atom stereocenters. The van der Waals surface area contributed by atoms with Gasteiger partial charge in [0.1, 0.15) is 11.5 Å². The Morgan fingerprint density at radius 3 is 2.35 bits per heavy atom. The third kappa shape index (κ3) is 6.40. The smallest absolute Gasteiger partial charge is 0.336 e. The van der Waals surface area contributed by atoms with Crippen molar-refractivity contribution in [3.63, 3.8) is 0 Å². The molecule has 0 saturated carbocycles. The van der Waals surface area contributed by atoms with Crippen LogP contribution in [0, 0.1) is 0 Å². The summed E-state index contributed by atoms with van der Waals surface area (Å²) in [7, 11) is 0. The molecule has 0 aromatic heterocycles. The molecule has 0 radical (unpaired) electrons. The van der Waals surface area contributed by atoms with E-state index in [9.17, 15) is 9.59 Å². The van der Waals surface area contributed by atoms with Crippen LogP contribution in [0.4, 0.5) is 0 Å². The molecule has 0 bridgehead atoms. The van der Waals surface area contributed by atoms with Gasteiger partial charge in [0.2, 0.25) is 0 Å². The highest BCUT2D eigenvalue weighted by Crippen LogP contribution is 2.24. The van der Waals surface area contributed by atoms with Gasteiger partial charge in [-0.3, -0.25) is 4.79 Å². The van der Waals surface area contributed by atoms with Crippen LogP contribution in [0.15, 0.2) is 108 Å². The Labute approximate surface area is 197 Å². The first-order chi connectivity index (χ1) is 16.7. The summed E-state index contributed by atoms with van der Waals surface area (Å²) in [5.41, 5.74) is 4.08. The maximum absolute atomic E-state index is 12.1. The number of carbonyl (C=O) groups excluding carboxylic acids is 2. The highest BCUT2D eigenvalue weighted by atomic mass is 16.5. The Balaban J connectivity index is 1.24. The van der Waals surface area contributed by atoms with Crippen LogP contribution in [0.3, 0.4) is 0 Å². The van der Waals surface area contributed by atoms with Crippen LogP contribution in [-0.2, 0) is 9.59 Å². The van der Waals surface area contributed by atoms with Crippen molar-refractivity contribution in [3.05, 3.63) is 114 Å². The van der Waals surface area contributed by atoms with Gasteiger partial charge >= 0.3 is 5.97 Å². The second-order valence-corrected chi connectivity index (χ2v) is 7.29. The number of carbonyl (C=O) groups is 2. The quantitative estimate of drug-likeness (QED) is 0.135. The molecule has 168 valence electrons. The zero-order valence-electron chi connectivity index (χ0n) is 18.3. The molecule has 0 aliphatic heterocycles. The third-order valence-corrected chi connectivity index (χ3v) is 4.82. The van der Waals surface area contributed by atoms with E-state index in [4.69, 9.17) is 9.47 Å². The minimum atomic E-state index is -0.469. The van der Waals surface area contributed by atoms with Crippen LogP contribution in [0.1, 0.15) is 11.1 Å². The molecule has 1 N–H and O–H groups in total. The number of benzene rings is 4. The molecule has 0 saturated heterocycles. The average molecular weight is 450 g/mol. The first-order valence-electron chi connectivity index (χ1n) is 10.6. The van der Waals surface area contributed by atoms with Gasteiger partial charge in [0.25, 0.3) is 5.91 Å².